The van der Waals surface area contributed by atoms with Crippen molar-refractivity contribution >= 4 is 12.0 Å². The van der Waals surface area contributed by atoms with Gasteiger partial charge in [-0.25, -0.2) is 13.9 Å². The Bertz CT molecular complexity index is 1070. The van der Waals surface area contributed by atoms with E-state index in [0.717, 1.165) is 22.6 Å². The molecule has 0 spiro atoms. The third-order valence-electron chi connectivity index (χ3n) is 4.37. The summed E-state index contributed by atoms with van der Waals surface area (Å²) in [6.45, 7) is 3.88. The molecule has 0 bridgehead atoms. The van der Waals surface area contributed by atoms with Crippen LogP contribution in [0.1, 0.15) is 17.0 Å². The average molecular weight is 380 g/mol. The van der Waals surface area contributed by atoms with E-state index in [1.807, 2.05) is 13.8 Å². The molecule has 142 valence electrons. The molecular weight excluding hydrogens is 363 g/mol. The van der Waals surface area contributed by atoms with Crippen LogP contribution in [0.5, 0.6) is 17.2 Å². The van der Waals surface area contributed by atoms with Crippen molar-refractivity contribution in [3.8, 4) is 22.9 Å². The number of halogens is 1. The topological polar surface area (TPSA) is 62.6 Å². The number of rotatable bonds is 4. The third kappa shape index (κ3) is 3.46. The molecule has 0 unspecified atom stereocenters. The number of benzene rings is 2. The lowest BCUT2D eigenvalue weighted by atomic mass is 10.2. The van der Waals surface area contributed by atoms with Crippen LogP contribution in [0.15, 0.2) is 48.5 Å². The highest BCUT2D eigenvalue weighted by Gasteiger charge is 2.15. The van der Waals surface area contributed by atoms with Crippen LogP contribution in [0.3, 0.4) is 0 Å². The summed E-state index contributed by atoms with van der Waals surface area (Å²) < 4.78 is 30.7. The van der Waals surface area contributed by atoms with Crippen LogP contribution in [0.25, 0.3) is 11.8 Å². The Balaban J connectivity index is 1.51. The standard InChI is InChI=1S/C21H17FN2O4/c1-13-18(14(2)24(23-13)16-5-3-15(22)4-6-16)8-10-21(25)28-17-7-9-19-20(11-17)27-12-26-19/h3-11H,12H2,1-2H3/b10-8+. The van der Waals surface area contributed by atoms with Crippen molar-refractivity contribution in [2.45, 2.75) is 13.8 Å². The van der Waals surface area contributed by atoms with Crippen molar-refractivity contribution in [2.24, 2.45) is 0 Å². The van der Waals surface area contributed by atoms with Gasteiger partial charge >= 0.3 is 5.97 Å². The third-order valence-corrected chi connectivity index (χ3v) is 4.37. The molecule has 1 aliphatic rings. The van der Waals surface area contributed by atoms with Crippen molar-refractivity contribution < 1.29 is 23.4 Å². The van der Waals surface area contributed by atoms with Gasteiger partial charge < -0.3 is 14.2 Å². The maximum Gasteiger partial charge on any atom is 0.336 e. The molecule has 2 heterocycles. The van der Waals surface area contributed by atoms with E-state index in [9.17, 15) is 9.18 Å². The van der Waals surface area contributed by atoms with E-state index < -0.39 is 5.97 Å². The smallest absolute Gasteiger partial charge is 0.336 e. The molecule has 0 saturated carbocycles. The summed E-state index contributed by atoms with van der Waals surface area (Å²) in [5, 5.41) is 4.47. The number of hydrogen-bond acceptors (Lipinski definition) is 5. The minimum absolute atomic E-state index is 0.156. The predicted octanol–water partition coefficient (Wildman–Crippen LogP) is 3.98. The molecule has 4 rings (SSSR count). The fraction of sp³-hybridized carbons (Fsp3) is 0.143. The van der Waals surface area contributed by atoms with Crippen LogP contribution >= 0.6 is 0 Å². The Morgan fingerprint density at radius 3 is 2.68 bits per heavy atom. The van der Waals surface area contributed by atoms with Gasteiger partial charge in [0.15, 0.2) is 11.5 Å². The Morgan fingerprint density at radius 2 is 1.89 bits per heavy atom. The summed E-state index contributed by atoms with van der Waals surface area (Å²) in [5.41, 5.74) is 3.11. The first kappa shape index (κ1) is 17.8. The lowest BCUT2D eigenvalue weighted by Gasteiger charge is -2.04. The van der Waals surface area contributed by atoms with Crippen LogP contribution in [-0.4, -0.2) is 22.5 Å². The molecular formula is C21H17FN2O4. The Labute approximate surface area is 160 Å². The minimum atomic E-state index is -0.521. The van der Waals surface area contributed by atoms with Gasteiger partial charge in [0, 0.05) is 23.4 Å². The number of ether oxygens (including phenoxy) is 3. The summed E-state index contributed by atoms with van der Waals surface area (Å²) in [4.78, 5) is 12.2. The molecule has 6 nitrogen and oxygen atoms in total. The summed E-state index contributed by atoms with van der Waals surface area (Å²) >= 11 is 0. The Morgan fingerprint density at radius 1 is 1.14 bits per heavy atom. The SMILES string of the molecule is Cc1nn(-c2ccc(F)cc2)c(C)c1/C=C/C(=O)Oc1ccc2c(c1)OCO2. The van der Waals surface area contributed by atoms with Crippen molar-refractivity contribution in [1.29, 1.82) is 0 Å². The van der Waals surface area contributed by atoms with Crippen molar-refractivity contribution in [3.63, 3.8) is 0 Å². The molecule has 3 aromatic rings. The monoisotopic (exact) mass is 380 g/mol. The summed E-state index contributed by atoms with van der Waals surface area (Å²) in [5.74, 6) is 0.703. The molecule has 28 heavy (non-hydrogen) atoms. The van der Waals surface area contributed by atoms with Crippen molar-refractivity contribution in [1.82, 2.24) is 9.78 Å². The minimum Gasteiger partial charge on any atom is -0.454 e. The van der Waals surface area contributed by atoms with E-state index in [4.69, 9.17) is 14.2 Å². The molecule has 0 radical (unpaired) electrons. The molecule has 0 aliphatic carbocycles. The van der Waals surface area contributed by atoms with E-state index in [1.54, 1.807) is 41.1 Å². The fourth-order valence-electron chi connectivity index (χ4n) is 2.97. The molecule has 1 aliphatic heterocycles. The molecule has 1 aromatic heterocycles. The summed E-state index contributed by atoms with van der Waals surface area (Å²) in [7, 11) is 0. The highest BCUT2D eigenvalue weighted by molar-refractivity contribution is 5.89. The van der Waals surface area contributed by atoms with Gasteiger partial charge in [0.05, 0.1) is 11.4 Å². The fourth-order valence-corrected chi connectivity index (χ4v) is 2.97. The van der Waals surface area contributed by atoms with Gasteiger partial charge in [-0.1, -0.05) is 0 Å². The number of carbonyl (C=O) groups excluding carboxylic acids is 1. The Kier molecular flexibility index (Phi) is 4.57. The number of aromatic nitrogens is 2. The lowest BCUT2D eigenvalue weighted by molar-refractivity contribution is -0.128. The van der Waals surface area contributed by atoms with E-state index in [-0.39, 0.29) is 12.6 Å². The average Bonchev–Trinajstić information content (AvgIpc) is 3.25. The molecule has 0 amide bonds. The van der Waals surface area contributed by atoms with Crippen LogP contribution in [-0.2, 0) is 4.79 Å². The van der Waals surface area contributed by atoms with E-state index >= 15 is 0 Å². The second kappa shape index (κ2) is 7.19. The summed E-state index contributed by atoms with van der Waals surface area (Å²) in [6, 6.07) is 11.0. The quantitative estimate of drug-likeness (QED) is 0.389. The zero-order valence-corrected chi connectivity index (χ0v) is 15.3. The first-order valence-electron chi connectivity index (χ1n) is 8.63. The van der Waals surface area contributed by atoms with Gasteiger partial charge in [-0.2, -0.15) is 5.10 Å². The number of esters is 1. The number of carbonyl (C=O) groups is 1. The highest BCUT2D eigenvalue weighted by Crippen LogP contribution is 2.35. The largest absolute Gasteiger partial charge is 0.454 e. The van der Waals surface area contributed by atoms with Gasteiger partial charge in [-0.3, -0.25) is 0 Å². The predicted molar refractivity (Wildman–Crippen MR) is 100 cm³/mol. The van der Waals surface area contributed by atoms with Gasteiger partial charge in [0.2, 0.25) is 6.79 Å². The molecule has 0 atom stereocenters. The van der Waals surface area contributed by atoms with E-state index in [2.05, 4.69) is 5.10 Å². The number of aryl methyl sites for hydroxylation is 1. The van der Waals surface area contributed by atoms with Gasteiger partial charge in [0.25, 0.3) is 0 Å². The van der Waals surface area contributed by atoms with Crippen LogP contribution in [0, 0.1) is 19.7 Å². The molecule has 2 aromatic carbocycles. The normalized spacial score (nSPS) is 12.5. The van der Waals surface area contributed by atoms with Crippen LogP contribution in [0.4, 0.5) is 4.39 Å². The zero-order valence-electron chi connectivity index (χ0n) is 15.3. The van der Waals surface area contributed by atoms with Gasteiger partial charge in [0.1, 0.15) is 11.6 Å². The molecule has 0 N–H and O–H groups in total. The molecule has 0 fully saturated rings. The van der Waals surface area contributed by atoms with Gasteiger partial charge in [-0.05, 0) is 56.3 Å². The van der Waals surface area contributed by atoms with E-state index in [0.29, 0.717) is 17.2 Å². The first-order chi connectivity index (χ1) is 13.5. The molecule has 7 heteroatoms. The van der Waals surface area contributed by atoms with Crippen LogP contribution in [0.2, 0.25) is 0 Å². The lowest BCUT2D eigenvalue weighted by Crippen LogP contribution is -2.03. The number of fused-ring (bicyclic) bond motifs is 1. The molecule has 0 saturated heterocycles. The maximum atomic E-state index is 13.1. The van der Waals surface area contributed by atoms with E-state index in [1.165, 1.54) is 18.2 Å². The Hall–Kier alpha value is -3.61. The number of hydrogen-bond donors (Lipinski definition) is 0. The van der Waals surface area contributed by atoms with Crippen LogP contribution < -0.4 is 14.2 Å². The summed E-state index contributed by atoms with van der Waals surface area (Å²) in [6.07, 6.45) is 3.00. The van der Waals surface area contributed by atoms with Gasteiger partial charge in [-0.15, -0.1) is 0 Å². The zero-order chi connectivity index (χ0) is 19.7. The highest BCUT2D eigenvalue weighted by atomic mass is 19.1. The van der Waals surface area contributed by atoms with Crippen molar-refractivity contribution in [2.75, 3.05) is 6.79 Å². The first-order valence-corrected chi connectivity index (χ1v) is 8.63. The second-order valence-electron chi connectivity index (χ2n) is 6.24. The van der Waals surface area contributed by atoms with Crippen molar-refractivity contribution in [3.05, 3.63) is 71.3 Å². The number of nitrogens with zero attached hydrogens (tertiary/aromatic N) is 2. The maximum absolute atomic E-state index is 13.1. The second-order valence-corrected chi connectivity index (χ2v) is 6.24.